The Balaban J connectivity index is 2.43. The van der Waals surface area contributed by atoms with E-state index in [9.17, 15) is 26.9 Å². The molecule has 0 radical (unpaired) electrons. The highest BCUT2D eigenvalue weighted by Crippen LogP contribution is 2.30. The molecule has 9 nitrogen and oxygen atoms in total. The van der Waals surface area contributed by atoms with Gasteiger partial charge in [-0.05, 0) is 43.2 Å². The van der Waals surface area contributed by atoms with Crippen LogP contribution in [0.2, 0.25) is 5.02 Å². The fraction of sp³-hybridized carbons (Fsp3) is 0.200. The van der Waals surface area contributed by atoms with Gasteiger partial charge in [0.25, 0.3) is 15.7 Å². The van der Waals surface area contributed by atoms with Gasteiger partial charge in [-0.15, -0.1) is 0 Å². The normalized spacial score (nSPS) is 11.9. The van der Waals surface area contributed by atoms with Crippen molar-refractivity contribution in [1.29, 1.82) is 0 Å². The van der Waals surface area contributed by atoms with Gasteiger partial charge in [-0.1, -0.05) is 11.6 Å². The Bertz CT molecular complexity index is 1130. The predicted octanol–water partition coefficient (Wildman–Crippen LogP) is 3.04. The van der Waals surface area contributed by atoms with E-state index in [1.54, 1.807) is 13.8 Å². The maximum absolute atomic E-state index is 12.7. The molecule has 2 N–H and O–H groups in total. The molecule has 146 valence electrons. The first-order valence-corrected chi connectivity index (χ1v) is 11.1. The molecule has 0 fully saturated rings. The summed E-state index contributed by atoms with van der Waals surface area (Å²) in [5.41, 5.74) is 0.640. The molecule has 0 saturated carbocycles. The number of anilines is 2. The molecule has 0 aliphatic heterocycles. The van der Waals surface area contributed by atoms with Crippen molar-refractivity contribution < 1.29 is 21.8 Å². The van der Waals surface area contributed by atoms with Gasteiger partial charge in [0.1, 0.15) is 0 Å². The second kappa shape index (κ2) is 7.33. The van der Waals surface area contributed by atoms with E-state index in [0.29, 0.717) is 11.1 Å². The van der Waals surface area contributed by atoms with Crippen LogP contribution in [0, 0.1) is 24.0 Å². The highest BCUT2D eigenvalue weighted by molar-refractivity contribution is 7.92. The maximum Gasteiger partial charge on any atom is 0.271 e. The van der Waals surface area contributed by atoms with Crippen LogP contribution in [-0.2, 0) is 20.0 Å². The molecule has 0 bridgehead atoms. The molecular formula is C15H16ClN3O6S2. The molecule has 0 aliphatic rings. The molecule has 0 aromatic heterocycles. The Kier molecular flexibility index (Phi) is 5.68. The number of hydrogen-bond acceptors (Lipinski definition) is 6. The summed E-state index contributed by atoms with van der Waals surface area (Å²) in [7, 11) is -7.69. The van der Waals surface area contributed by atoms with E-state index in [4.69, 9.17) is 11.6 Å². The molecule has 0 aliphatic carbocycles. The first-order valence-electron chi connectivity index (χ1n) is 7.36. The average molecular weight is 434 g/mol. The van der Waals surface area contributed by atoms with E-state index >= 15 is 0 Å². The maximum atomic E-state index is 12.7. The molecule has 2 aromatic rings. The molecule has 12 heteroatoms. The van der Waals surface area contributed by atoms with Gasteiger partial charge in [-0.2, -0.15) is 0 Å². The third-order valence-corrected chi connectivity index (χ3v) is 6.03. The lowest BCUT2D eigenvalue weighted by Gasteiger charge is -2.13. The van der Waals surface area contributed by atoms with Crippen LogP contribution in [0.5, 0.6) is 0 Å². The molecule has 0 saturated heterocycles. The average Bonchev–Trinajstić information content (AvgIpc) is 2.50. The van der Waals surface area contributed by atoms with Gasteiger partial charge in [0.15, 0.2) is 0 Å². The number of benzene rings is 2. The van der Waals surface area contributed by atoms with Crippen LogP contribution < -0.4 is 9.44 Å². The summed E-state index contributed by atoms with van der Waals surface area (Å²) >= 11 is 5.98. The second-order valence-electron chi connectivity index (χ2n) is 5.82. The lowest BCUT2D eigenvalue weighted by Crippen LogP contribution is -2.15. The summed E-state index contributed by atoms with van der Waals surface area (Å²) in [4.78, 5) is 10.1. The number of rotatable bonds is 6. The van der Waals surface area contributed by atoms with E-state index in [1.165, 1.54) is 24.3 Å². The van der Waals surface area contributed by atoms with Gasteiger partial charge >= 0.3 is 0 Å². The van der Waals surface area contributed by atoms with Crippen LogP contribution in [0.4, 0.5) is 17.1 Å². The molecule has 2 rings (SSSR count). The van der Waals surface area contributed by atoms with Crippen molar-refractivity contribution in [2.75, 3.05) is 15.7 Å². The van der Waals surface area contributed by atoms with Crippen molar-refractivity contribution in [2.45, 2.75) is 18.7 Å². The van der Waals surface area contributed by atoms with Crippen LogP contribution in [-0.4, -0.2) is 28.0 Å². The van der Waals surface area contributed by atoms with E-state index in [1.807, 2.05) is 0 Å². The molecular weight excluding hydrogens is 418 g/mol. The van der Waals surface area contributed by atoms with Gasteiger partial charge in [-0.25, -0.2) is 16.8 Å². The van der Waals surface area contributed by atoms with Crippen LogP contribution in [0.15, 0.2) is 35.2 Å². The lowest BCUT2D eigenvalue weighted by atomic mass is 10.1. The predicted molar refractivity (Wildman–Crippen MR) is 103 cm³/mol. The topological polar surface area (TPSA) is 135 Å². The Morgan fingerprint density at radius 2 is 1.67 bits per heavy atom. The minimum Gasteiger partial charge on any atom is -0.282 e. The van der Waals surface area contributed by atoms with Crippen LogP contribution >= 0.6 is 11.6 Å². The number of aryl methyl sites for hydroxylation is 1. The second-order valence-corrected chi connectivity index (χ2v) is 9.62. The van der Waals surface area contributed by atoms with Crippen LogP contribution in [0.1, 0.15) is 11.1 Å². The van der Waals surface area contributed by atoms with E-state index < -0.39 is 25.0 Å². The SMILES string of the molecule is Cc1cc([N+](=O)[O-])cc(S(=O)(=O)Nc2ccc(NS(C)(=O)=O)c(Cl)c2)c1C. The first kappa shape index (κ1) is 20.9. The van der Waals surface area contributed by atoms with Crippen molar-refractivity contribution in [3.05, 3.63) is 56.6 Å². The van der Waals surface area contributed by atoms with Gasteiger partial charge in [0, 0.05) is 12.1 Å². The van der Waals surface area contributed by atoms with E-state index in [-0.39, 0.29) is 27.0 Å². The van der Waals surface area contributed by atoms with Gasteiger partial charge in [0.2, 0.25) is 10.0 Å². The number of nitrogens with zero attached hydrogens (tertiary/aromatic N) is 1. The number of non-ortho nitro benzene ring substituents is 1. The molecule has 2 aromatic carbocycles. The Hall–Kier alpha value is -2.37. The molecule has 27 heavy (non-hydrogen) atoms. The summed E-state index contributed by atoms with van der Waals surface area (Å²) < 4.78 is 52.4. The van der Waals surface area contributed by atoms with Crippen molar-refractivity contribution >= 4 is 48.7 Å². The Labute approximate surface area is 161 Å². The molecule has 0 atom stereocenters. The summed E-state index contributed by atoms with van der Waals surface area (Å²) in [6.07, 6.45) is 0.952. The number of nitro benzene ring substituents is 1. The van der Waals surface area contributed by atoms with E-state index in [2.05, 4.69) is 9.44 Å². The minimum atomic E-state index is -4.14. The van der Waals surface area contributed by atoms with Crippen molar-refractivity contribution in [3.63, 3.8) is 0 Å². The molecule has 0 unspecified atom stereocenters. The van der Waals surface area contributed by atoms with Crippen molar-refractivity contribution in [2.24, 2.45) is 0 Å². The summed E-state index contributed by atoms with van der Waals surface area (Å²) in [6, 6.07) is 6.11. The number of nitrogens with one attached hydrogen (secondary N) is 2. The fourth-order valence-electron chi connectivity index (χ4n) is 2.26. The minimum absolute atomic E-state index is 0.0208. The largest absolute Gasteiger partial charge is 0.282 e. The number of hydrogen-bond donors (Lipinski definition) is 2. The molecule has 0 amide bonds. The number of halogens is 1. The summed E-state index contributed by atoms with van der Waals surface area (Å²) in [5, 5.41) is 11.0. The van der Waals surface area contributed by atoms with Crippen LogP contribution in [0.3, 0.4) is 0 Å². The third-order valence-electron chi connectivity index (χ3n) is 3.62. The Morgan fingerprint density at radius 1 is 1.04 bits per heavy atom. The van der Waals surface area contributed by atoms with Crippen molar-refractivity contribution in [1.82, 2.24) is 0 Å². The Morgan fingerprint density at radius 3 is 2.19 bits per heavy atom. The van der Waals surface area contributed by atoms with E-state index in [0.717, 1.165) is 12.3 Å². The molecule has 0 heterocycles. The van der Waals surface area contributed by atoms with Crippen LogP contribution in [0.25, 0.3) is 0 Å². The highest BCUT2D eigenvalue weighted by Gasteiger charge is 2.23. The zero-order valence-electron chi connectivity index (χ0n) is 14.5. The zero-order chi connectivity index (χ0) is 20.6. The van der Waals surface area contributed by atoms with Gasteiger partial charge in [0.05, 0.1) is 32.5 Å². The summed E-state index contributed by atoms with van der Waals surface area (Å²) in [6.45, 7) is 3.11. The standard InChI is InChI=1S/C15H16ClN3O6S2/c1-9-6-12(19(20)21)8-15(10(9)2)27(24,25)17-11-4-5-14(13(16)7-11)18-26(3,22)23/h4-8,17-18H,1-3H3. The smallest absolute Gasteiger partial charge is 0.271 e. The van der Waals surface area contributed by atoms with Gasteiger partial charge < -0.3 is 0 Å². The monoisotopic (exact) mass is 433 g/mol. The number of sulfonamides is 2. The lowest BCUT2D eigenvalue weighted by molar-refractivity contribution is -0.385. The quantitative estimate of drug-likeness (QED) is 0.530. The zero-order valence-corrected chi connectivity index (χ0v) is 16.9. The van der Waals surface area contributed by atoms with Crippen molar-refractivity contribution in [3.8, 4) is 0 Å². The van der Waals surface area contributed by atoms with Gasteiger partial charge in [-0.3, -0.25) is 19.6 Å². The number of nitro groups is 1. The third kappa shape index (κ3) is 5.08. The highest BCUT2D eigenvalue weighted by atomic mass is 35.5. The summed E-state index contributed by atoms with van der Waals surface area (Å²) in [5.74, 6) is 0. The first-order chi connectivity index (χ1) is 12.3. The fourth-order valence-corrected chi connectivity index (χ4v) is 4.51. The molecule has 0 spiro atoms.